The van der Waals surface area contributed by atoms with Gasteiger partial charge in [-0.05, 0) is 91.7 Å². The minimum absolute atomic E-state index is 0.0689. The first kappa shape index (κ1) is 29.5. The van der Waals surface area contributed by atoms with E-state index in [1.165, 1.54) is 49.6 Å². The summed E-state index contributed by atoms with van der Waals surface area (Å²) in [4.78, 5) is 16.0. The molecule has 1 aromatic carbocycles. The number of hydrogen-bond donors (Lipinski definition) is 1. The van der Waals surface area contributed by atoms with Gasteiger partial charge in [-0.25, -0.2) is 0 Å². The maximum Gasteiger partial charge on any atom is 0.0902 e. The van der Waals surface area contributed by atoms with Gasteiger partial charge in [0.15, 0.2) is 0 Å². The quantitative estimate of drug-likeness (QED) is 0.289. The molecule has 2 aromatic rings. The molecule has 0 spiro atoms. The highest BCUT2D eigenvalue weighted by Crippen LogP contribution is 2.46. The Morgan fingerprint density at radius 1 is 0.978 bits per heavy atom. The van der Waals surface area contributed by atoms with Crippen molar-refractivity contribution in [3.63, 3.8) is 0 Å². The molecule has 5 heteroatoms. The van der Waals surface area contributed by atoms with Crippen LogP contribution in [0.1, 0.15) is 63.1 Å². The van der Waals surface area contributed by atoms with Gasteiger partial charge in [-0.15, -0.1) is 11.8 Å². The zero-order chi connectivity index (χ0) is 30.6. The largest absolute Gasteiger partial charge is 0.372 e. The van der Waals surface area contributed by atoms with Gasteiger partial charge in [0.05, 0.1) is 34.9 Å². The number of aromatic nitrogens is 1. The lowest BCUT2D eigenvalue weighted by molar-refractivity contribution is 0.656. The Bertz CT molecular complexity index is 1780. The number of pyridine rings is 1. The van der Waals surface area contributed by atoms with E-state index in [-0.39, 0.29) is 12.1 Å². The third-order valence-corrected chi connectivity index (χ3v) is 10.1. The lowest BCUT2D eigenvalue weighted by Gasteiger charge is -2.37. The number of allylic oxidation sites excluding steroid dienone is 10. The van der Waals surface area contributed by atoms with Gasteiger partial charge in [0.2, 0.25) is 0 Å². The predicted molar refractivity (Wildman–Crippen MR) is 191 cm³/mol. The van der Waals surface area contributed by atoms with E-state index >= 15 is 0 Å². The van der Waals surface area contributed by atoms with Crippen molar-refractivity contribution in [3.8, 4) is 0 Å². The highest BCUT2D eigenvalue weighted by molar-refractivity contribution is 8.02. The molecule has 5 aliphatic rings. The molecule has 45 heavy (non-hydrogen) atoms. The van der Waals surface area contributed by atoms with Crippen LogP contribution in [-0.2, 0) is 0 Å². The first-order valence-electron chi connectivity index (χ1n) is 16.3. The van der Waals surface area contributed by atoms with E-state index in [2.05, 4.69) is 109 Å². The number of rotatable bonds is 9. The van der Waals surface area contributed by atoms with Crippen molar-refractivity contribution >= 4 is 29.3 Å². The number of fused-ring (bicyclic) bond motifs is 2. The van der Waals surface area contributed by atoms with Crippen molar-refractivity contribution < 1.29 is 0 Å². The number of thioether (sulfide) groups is 1. The summed E-state index contributed by atoms with van der Waals surface area (Å²) in [5, 5.41) is 3.92. The first-order chi connectivity index (χ1) is 22.2. The molecule has 7 rings (SSSR count). The average Bonchev–Trinajstić information content (AvgIpc) is 3.11. The maximum atomic E-state index is 5.25. The van der Waals surface area contributed by atoms with E-state index in [4.69, 9.17) is 9.98 Å². The standard InChI is InChI=1S/C40H40N4S/c1-3-27(26-30-18-12-21-34(43-30)33-20-10-11-24-41-33)36(28-14-6-4-7-15-28)37(29-16-8-5-9-17-29)40(45-2)35-23-22-32-31-19-13-25-42-38(31)39(32)44-35/h4-6,8-12,14,16-17,20-25,30,35,44H,3,7,13,15,18-19,26H2,1-2H3/b36-27+,40-37-. The molecule has 0 bridgehead atoms. The van der Waals surface area contributed by atoms with E-state index in [0.717, 1.165) is 62.0 Å². The van der Waals surface area contributed by atoms with Crippen LogP contribution in [0.2, 0.25) is 0 Å². The number of nitrogens with zero attached hydrogens (tertiary/aromatic N) is 3. The Morgan fingerprint density at radius 2 is 1.87 bits per heavy atom. The lowest BCUT2D eigenvalue weighted by Crippen LogP contribution is -2.36. The maximum absolute atomic E-state index is 5.25. The van der Waals surface area contributed by atoms with Gasteiger partial charge in [-0.3, -0.25) is 15.0 Å². The summed E-state index contributed by atoms with van der Waals surface area (Å²) < 4.78 is 0. The van der Waals surface area contributed by atoms with Gasteiger partial charge in [0.25, 0.3) is 0 Å². The third-order valence-electron chi connectivity index (χ3n) is 9.21. The van der Waals surface area contributed by atoms with Gasteiger partial charge in [0.1, 0.15) is 0 Å². The Morgan fingerprint density at radius 3 is 2.64 bits per heavy atom. The Balaban J connectivity index is 1.34. The molecule has 4 nitrogen and oxygen atoms in total. The number of dihydropyridines is 2. The molecule has 4 heterocycles. The Labute approximate surface area is 271 Å². The van der Waals surface area contributed by atoms with Crippen LogP contribution in [-0.4, -0.2) is 35.2 Å². The molecule has 1 aromatic heterocycles. The SMILES string of the molecule is CC/C(CC1CC=CC(c2ccccn2)=N1)=C(C1=CC=CCC1)\C(=C(/SC)C1C=CC2=C(N1)C1=C2CCC=N1)c1ccccc1. The number of benzene rings is 1. The summed E-state index contributed by atoms with van der Waals surface area (Å²) in [6.07, 6.45) is 29.2. The van der Waals surface area contributed by atoms with Crippen LogP contribution in [0, 0.1) is 0 Å². The molecule has 0 saturated carbocycles. The van der Waals surface area contributed by atoms with E-state index in [1.807, 2.05) is 30.1 Å². The van der Waals surface area contributed by atoms with Crippen molar-refractivity contribution in [2.45, 2.75) is 64.0 Å². The molecule has 0 radical (unpaired) electrons. The van der Waals surface area contributed by atoms with Gasteiger partial charge in [-0.2, -0.15) is 0 Å². The molecular weight excluding hydrogens is 569 g/mol. The van der Waals surface area contributed by atoms with E-state index < -0.39 is 0 Å². The third kappa shape index (κ3) is 5.94. The normalized spacial score (nSPS) is 22.9. The van der Waals surface area contributed by atoms with Crippen LogP contribution < -0.4 is 5.32 Å². The second-order valence-corrected chi connectivity index (χ2v) is 12.8. The number of aliphatic imine (C=N–C) groups is 2. The molecular formula is C40H40N4S. The molecule has 0 saturated heterocycles. The summed E-state index contributed by atoms with van der Waals surface area (Å²) in [7, 11) is 0. The van der Waals surface area contributed by atoms with Crippen molar-refractivity contribution in [1.29, 1.82) is 0 Å². The van der Waals surface area contributed by atoms with E-state index in [1.54, 1.807) is 0 Å². The summed E-state index contributed by atoms with van der Waals surface area (Å²) in [5.74, 6) is 0. The predicted octanol–water partition coefficient (Wildman–Crippen LogP) is 9.26. The summed E-state index contributed by atoms with van der Waals surface area (Å²) in [6, 6.07) is 17.3. The van der Waals surface area contributed by atoms with Crippen LogP contribution in [0.15, 0.2) is 151 Å². The minimum atomic E-state index is 0.0689. The van der Waals surface area contributed by atoms with Crippen molar-refractivity contribution in [2.24, 2.45) is 9.98 Å². The number of nitrogens with one attached hydrogen (secondary N) is 1. The summed E-state index contributed by atoms with van der Waals surface area (Å²) >= 11 is 1.86. The molecule has 2 unspecified atom stereocenters. The molecule has 3 aliphatic heterocycles. The van der Waals surface area contributed by atoms with Gasteiger partial charge in [-0.1, -0.05) is 85.4 Å². The van der Waals surface area contributed by atoms with Crippen molar-refractivity contribution in [2.75, 3.05) is 6.26 Å². The fraction of sp³-hybridized carbons (Fsp3) is 0.275. The van der Waals surface area contributed by atoms with E-state index in [9.17, 15) is 0 Å². The lowest BCUT2D eigenvalue weighted by atomic mass is 9.80. The fourth-order valence-corrected chi connectivity index (χ4v) is 7.86. The highest BCUT2D eigenvalue weighted by atomic mass is 32.2. The first-order valence-corrected chi connectivity index (χ1v) is 17.5. The zero-order valence-electron chi connectivity index (χ0n) is 26.2. The van der Waals surface area contributed by atoms with Crippen LogP contribution in [0.4, 0.5) is 0 Å². The van der Waals surface area contributed by atoms with Gasteiger partial charge >= 0.3 is 0 Å². The van der Waals surface area contributed by atoms with Gasteiger partial charge < -0.3 is 5.32 Å². The monoisotopic (exact) mass is 608 g/mol. The second-order valence-electron chi connectivity index (χ2n) is 12.0. The second kappa shape index (κ2) is 13.4. The van der Waals surface area contributed by atoms with E-state index in [0.29, 0.717) is 0 Å². The molecule has 0 amide bonds. The van der Waals surface area contributed by atoms with Crippen molar-refractivity contribution in [1.82, 2.24) is 10.3 Å². The highest BCUT2D eigenvalue weighted by Gasteiger charge is 2.34. The number of hydrogen-bond acceptors (Lipinski definition) is 5. The summed E-state index contributed by atoms with van der Waals surface area (Å²) in [5.41, 5.74) is 13.9. The molecule has 2 atom stereocenters. The molecule has 2 aliphatic carbocycles. The van der Waals surface area contributed by atoms with Crippen molar-refractivity contribution in [3.05, 3.63) is 153 Å². The van der Waals surface area contributed by atoms with Crippen LogP contribution in [0.25, 0.3) is 5.57 Å². The van der Waals surface area contributed by atoms with Crippen LogP contribution in [0.5, 0.6) is 0 Å². The fourth-order valence-electron chi connectivity index (χ4n) is 7.04. The summed E-state index contributed by atoms with van der Waals surface area (Å²) in [6.45, 7) is 2.32. The molecule has 0 fully saturated rings. The molecule has 226 valence electrons. The zero-order valence-corrected chi connectivity index (χ0v) is 27.0. The average molecular weight is 609 g/mol. The minimum Gasteiger partial charge on any atom is -0.372 e. The smallest absolute Gasteiger partial charge is 0.0902 e. The van der Waals surface area contributed by atoms with Crippen LogP contribution >= 0.6 is 11.8 Å². The van der Waals surface area contributed by atoms with Gasteiger partial charge in [0, 0.05) is 28.5 Å². The Hall–Kier alpha value is -4.22. The van der Waals surface area contributed by atoms with Crippen LogP contribution in [0.3, 0.4) is 0 Å². The molecule has 1 N–H and O–H groups in total. The Kier molecular flexibility index (Phi) is 8.79. The topological polar surface area (TPSA) is 49.6 Å².